The molecule has 0 aliphatic heterocycles. The predicted molar refractivity (Wildman–Crippen MR) is 67.6 cm³/mol. The van der Waals surface area contributed by atoms with E-state index in [4.69, 9.17) is 4.74 Å². The van der Waals surface area contributed by atoms with Gasteiger partial charge in [0.25, 0.3) is 0 Å². The Kier molecular flexibility index (Phi) is 4.92. The van der Waals surface area contributed by atoms with Crippen LogP contribution >= 0.6 is 0 Å². The Hall–Kier alpha value is -1.11. The van der Waals surface area contributed by atoms with Crippen LogP contribution in [0.25, 0.3) is 0 Å². The molecule has 0 saturated carbocycles. The Morgan fingerprint density at radius 1 is 1.29 bits per heavy atom. The molecule has 1 rings (SSSR count). The van der Waals surface area contributed by atoms with Gasteiger partial charge in [0.15, 0.2) is 0 Å². The maximum absolute atomic E-state index is 11.5. The molecule has 0 bridgehead atoms. The van der Waals surface area contributed by atoms with Gasteiger partial charge in [-0.3, -0.25) is 0 Å². The van der Waals surface area contributed by atoms with Gasteiger partial charge in [0.2, 0.25) is 10.0 Å². The number of ether oxygens (including phenoxy) is 1. The highest BCUT2D eigenvalue weighted by Gasteiger charge is 2.10. The number of benzene rings is 1. The average molecular weight is 258 g/mol. The molecule has 1 unspecified atom stereocenters. The highest BCUT2D eigenvalue weighted by molar-refractivity contribution is 7.89. The third kappa shape index (κ3) is 3.99. The van der Waals surface area contributed by atoms with Crippen LogP contribution in [-0.4, -0.2) is 35.2 Å². The minimum Gasteiger partial charge on any atom is -0.382 e. The molecule has 2 N–H and O–H groups in total. The van der Waals surface area contributed by atoms with Crippen molar-refractivity contribution in [3.05, 3.63) is 24.3 Å². The first kappa shape index (κ1) is 14.0. The minimum absolute atomic E-state index is 0.107. The van der Waals surface area contributed by atoms with E-state index in [1.165, 1.54) is 7.05 Å². The first-order valence-corrected chi connectivity index (χ1v) is 6.78. The topological polar surface area (TPSA) is 67.4 Å². The molecule has 1 aromatic rings. The average Bonchev–Trinajstić information content (AvgIpc) is 2.36. The number of rotatable bonds is 6. The van der Waals surface area contributed by atoms with Crippen molar-refractivity contribution in [2.75, 3.05) is 26.0 Å². The highest BCUT2D eigenvalue weighted by atomic mass is 32.2. The summed E-state index contributed by atoms with van der Waals surface area (Å²) in [5, 5.41) is 3.15. The van der Waals surface area contributed by atoms with Crippen LogP contribution < -0.4 is 10.0 Å². The standard InChI is InChI=1S/C11H18N2O3S/c1-9(16-3)8-13-10-4-6-11(7-5-10)17(14,15)12-2/h4-7,9,12-13H,8H2,1-3H3. The zero-order valence-corrected chi connectivity index (χ0v) is 11.0. The SMILES string of the molecule is CNS(=O)(=O)c1ccc(NCC(C)OC)cc1. The summed E-state index contributed by atoms with van der Waals surface area (Å²) >= 11 is 0. The summed E-state index contributed by atoms with van der Waals surface area (Å²) in [6, 6.07) is 6.58. The molecule has 0 aromatic heterocycles. The molecule has 0 heterocycles. The Morgan fingerprint density at radius 2 is 1.88 bits per heavy atom. The van der Waals surface area contributed by atoms with Gasteiger partial charge in [-0.2, -0.15) is 0 Å². The second-order valence-corrected chi connectivity index (χ2v) is 5.55. The summed E-state index contributed by atoms with van der Waals surface area (Å²) in [6.45, 7) is 2.63. The summed E-state index contributed by atoms with van der Waals surface area (Å²) in [5.74, 6) is 0. The summed E-state index contributed by atoms with van der Waals surface area (Å²) in [6.07, 6.45) is 0.107. The van der Waals surface area contributed by atoms with E-state index < -0.39 is 10.0 Å². The molecule has 5 nitrogen and oxygen atoms in total. The minimum atomic E-state index is -3.35. The first-order valence-electron chi connectivity index (χ1n) is 5.30. The molecule has 1 atom stereocenters. The lowest BCUT2D eigenvalue weighted by atomic mass is 10.3. The Balaban J connectivity index is 2.69. The van der Waals surface area contributed by atoms with E-state index in [2.05, 4.69) is 10.0 Å². The zero-order valence-electron chi connectivity index (χ0n) is 10.2. The number of hydrogen-bond acceptors (Lipinski definition) is 4. The molecular weight excluding hydrogens is 240 g/mol. The van der Waals surface area contributed by atoms with E-state index in [0.29, 0.717) is 6.54 Å². The fourth-order valence-corrected chi connectivity index (χ4v) is 1.94. The first-order chi connectivity index (χ1) is 7.99. The molecule has 96 valence electrons. The molecule has 0 radical (unpaired) electrons. The van der Waals surface area contributed by atoms with Gasteiger partial charge in [-0.25, -0.2) is 13.1 Å². The molecule has 0 saturated heterocycles. The molecule has 17 heavy (non-hydrogen) atoms. The molecule has 0 aliphatic rings. The van der Waals surface area contributed by atoms with E-state index >= 15 is 0 Å². The maximum atomic E-state index is 11.5. The molecule has 6 heteroatoms. The summed E-state index contributed by atoms with van der Waals surface area (Å²) in [5.41, 5.74) is 0.865. The van der Waals surface area contributed by atoms with Gasteiger partial charge in [0, 0.05) is 19.3 Å². The number of sulfonamides is 1. The van der Waals surface area contributed by atoms with Crippen LogP contribution in [0.1, 0.15) is 6.92 Å². The number of methoxy groups -OCH3 is 1. The van der Waals surface area contributed by atoms with Gasteiger partial charge in [-0.15, -0.1) is 0 Å². The molecule has 1 aromatic carbocycles. The lowest BCUT2D eigenvalue weighted by Crippen LogP contribution is -2.19. The van der Waals surface area contributed by atoms with Crippen LogP contribution in [0.2, 0.25) is 0 Å². The van der Waals surface area contributed by atoms with Crippen molar-refractivity contribution in [1.29, 1.82) is 0 Å². The van der Waals surface area contributed by atoms with E-state index in [0.717, 1.165) is 5.69 Å². The van der Waals surface area contributed by atoms with Crippen molar-refractivity contribution in [3.63, 3.8) is 0 Å². The number of hydrogen-bond donors (Lipinski definition) is 2. The van der Waals surface area contributed by atoms with Crippen LogP contribution in [0.3, 0.4) is 0 Å². The lowest BCUT2D eigenvalue weighted by molar-refractivity contribution is 0.129. The Labute approximate surface area is 102 Å². The van der Waals surface area contributed by atoms with Gasteiger partial charge in [0.05, 0.1) is 11.0 Å². The van der Waals surface area contributed by atoms with Crippen LogP contribution in [0, 0.1) is 0 Å². The summed E-state index contributed by atoms with van der Waals surface area (Å²) < 4.78 is 30.3. The second kappa shape index (κ2) is 6.00. The van der Waals surface area contributed by atoms with Crippen LogP contribution in [0.15, 0.2) is 29.2 Å². The van der Waals surface area contributed by atoms with E-state index in [1.807, 2.05) is 6.92 Å². The molecule has 0 spiro atoms. The molecular formula is C11H18N2O3S. The van der Waals surface area contributed by atoms with Crippen LogP contribution in [0.5, 0.6) is 0 Å². The monoisotopic (exact) mass is 258 g/mol. The van der Waals surface area contributed by atoms with Crippen molar-refractivity contribution in [3.8, 4) is 0 Å². The van der Waals surface area contributed by atoms with Crippen molar-refractivity contribution in [1.82, 2.24) is 4.72 Å². The highest BCUT2D eigenvalue weighted by Crippen LogP contribution is 2.13. The third-order valence-corrected chi connectivity index (χ3v) is 3.86. The largest absolute Gasteiger partial charge is 0.382 e. The van der Waals surface area contributed by atoms with Gasteiger partial charge in [-0.1, -0.05) is 0 Å². The number of nitrogens with one attached hydrogen (secondary N) is 2. The van der Waals surface area contributed by atoms with E-state index in [1.54, 1.807) is 31.4 Å². The van der Waals surface area contributed by atoms with Gasteiger partial charge < -0.3 is 10.1 Å². The lowest BCUT2D eigenvalue weighted by Gasteiger charge is -2.12. The van der Waals surface area contributed by atoms with Crippen LogP contribution in [-0.2, 0) is 14.8 Å². The third-order valence-electron chi connectivity index (χ3n) is 2.43. The molecule has 0 amide bonds. The fraction of sp³-hybridized carbons (Fsp3) is 0.455. The van der Waals surface area contributed by atoms with Gasteiger partial charge >= 0.3 is 0 Å². The molecule has 0 fully saturated rings. The maximum Gasteiger partial charge on any atom is 0.240 e. The fourth-order valence-electron chi connectivity index (χ4n) is 1.21. The predicted octanol–water partition coefficient (Wildman–Crippen LogP) is 1.04. The Bertz CT molecular complexity index is 442. The summed E-state index contributed by atoms with van der Waals surface area (Å²) in [7, 11) is -0.315. The number of anilines is 1. The van der Waals surface area contributed by atoms with Gasteiger partial charge in [0.1, 0.15) is 0 Å². The van der Waals surface area contributed by atoms with Gasteiger partial charge in [-0.05, 0) is 38.2 Å². The Morgan fingerprint density at radius 3 is 2.35 bits per heavy atom. The van der Waals surface area contributed by atoms with Crippen molar-refractivity contribution in [2.24, 2.45) is 0 Å². The quantitative estimate of drug-likeness (QED) is 0.800. The molecule has 0 aliphatic carbocycles. The van der Waals surface area contributed by atoms with Crippen LogP contribution in [0.4, 0.5) is 5.69 Å². The smallest absolute Gasteiger partial charge is 0.240 e. The van der Waals surface area contributed by atoms with Crippen molar-refractivity contribution >= 4 is 15.7 Å². The zero-order chi connectivity index (χ0) is 12.9. The van der Waals surface area contributed by atoms with Crippen molar-refractivity contribution in [2.45, 2.75) is 17.9 Å². The van der Waals surface area contributed by atoms with Crippen molar-refractivity contribution < 1.29 is 13.2 Å². The second-order valence-electron chi connectivity index (χ2n) is 3.66. The summed E-state index contributed by atoms with van der Waals surface area (Å²) in [4.78, 5) is 0.255. The van der Waals surface area contributed by atoms with E-state index in [9.17, 15) is 8.42 Å². The normalized spacial score (nSPS) is 13.4. The van der Waals surface area contributed by atoms with E-state index in [-0.39, 0.29) is 11.0 Å².